The minimum absolute atomic E-state index is 0.905. The lowest BCUT2D eigenvalue weighted by molar-refractivity contribution is 1.45. The Hall–Kier alpha value is -2.93. The molecule has 112 valence electrons. The van der Waals surface area contributed by atoms with E-state index >= 15 is 0 Å². The van der Waals surface area contributed by atoms with Crippen molar-refractivity contribution in [1.82, 2.24) is 0 Å². The number of benzene rings is 3. The molecule has 3 aromatic carbocycles. The number of rotatable bonds is 4. The van der Waals surface area contributed by atoms with Gasteiger partial charge in [-0.15, -0.1) is 0 Å². The molecule has 1 heteroatoms. The van der Waals surface area contributed by atoms with E-state index in [0.29, 0.717) is 0 Å². The van der Waals surface area contributed by atoms with Crippen molar-refractivity contribution in [3.05, 3.63) is 108 Å². The fourth-order valence-corrected chi connectivity index (χ4v) is 2.43. The fraction of sp³-hybridized carbons (Fsp3) is 0.0455. The molecule has 0 aliphatic rings. The first-order valence-electron chi connectivity index (χ1n) is 7.69. The van der Waals surface area contributed by atoms with Crippen LogP contribution in [0.15, 0.2) is 96.5 Å². The third-order valence-electron chi connectivity index (χ3n) is 3.73. The molecule has 0 bridgehead atoms. The van der Waals surface area contributed by atoms with Crippen molar-refractivity contribution in [1.29, 1.82) is 0 Å². The lowest BCUT2D eigenvalue weighted by Crippen LogP contribution is -2.03. The summed E-state index contributed by atoms with van der Waals surface area (Å²) in [5.41, 5.74) is 6.16. The number of nitrogens with zero attached hydrogens (tertiary/aromatic N) is 1. The lowest BCUT2D eigenvalue weighted by Gasteiger charge is -2.11. The van der Waals surface area contributed by atoms with Crippen molar-refractivity contribution >= 4 is 17.0 Å². The van der Waals surface area contributed by atoms with Gasteiger partial charge >= 0.3 is 0 Å². The van der Waals surface area contributed by atoms with Gasteiger partial charge in [0.05, 0.1) is 11.4 Å². The van der Waals surface area contributed by atoms with Crippen LogP contribution in [-0.2, 0) is 0 Å². The van der Waals surface area contributed by atoms with Crippen LogP contribution in [0.4, 0.5) is 5.69 Å². The fourth-order valence-electron chi connectivity index (χ4n) is 2.43. The Labute approximate surface area is 137 Å². The number of para-hydroxylation sites is 1. The molecule has 0 radical (unpaired) electrons. The van der Waals surface area contributed by atoms with Gasteiger partial charge in [-0.2, -0.15) is 0 Å². The first kappa shape index (κ1) is 15.0. The molecule has 0 aliphatic carbocycles. The van der Waals surface area contributed by atoms with Crippen LogP contribution < -0.4 is 0 Å². The van der Waals surface area contributed by atoms with Crippen molar-refractivity contribution in [2.75, 3.05) is 0 Å². The molecule has 0 spiro atoms. The first-order valence-corrected chi connectivity index (χ1v) is 7.69. The standard InChI is InChI=1S/C22H19N/c1-17-13-15-20(16-14-17)22(23-21-11-7-4-8-12-21)18(2)19-9-5-3-6-10-19/h3-16H,2H2,1H3. The molecule has 0 aliphatic heterocycles. The summed E-state index contributed by atoms with van der Waals surface area (Å²) in [5.74, 6) is 0. The Kier molecular flexibility index (Phi) is 4.49. The number of hydrogen-bond donors (Lipinski definition) is 0. The molecule has 0 heterocycles. The molecule has 0 atom stereocenters. The molecule has 1 nitrogen and oxygen atoms in total. The monoisotopic (exact) mass is 297 g/mol. The van der Waals surface area contributed by atoms with E-state index in [2.05, 4.69) is 49.9 Å². The van der Waals surface area contributed by atoms with Crippen LogP contribution in [0.2, 0.25) is 0 Å². The van der Waals surface area contributed by atoms with Crippen LogP contribution in [0, 0.1) is 6.92 Å². The predicted octanol–water partition coefficient (Wildman–Crippen LogP) is 5.83. The molecule has 3 rings (SSSR count). The molecule has 0 saturated carbocycles. The highest BCUT2D eigenvalue weighted by molar-refractivity contribution is 6.31. The first-order chi connectivity index (χ1) is 11.2. The van der Waals surface area contributed by atoms with Crippen LogP contribution >= 0.6 is 0 Å². The van der Waals surface area contributed by atoms with E-state index in [1.54, 1.807) is 0 Å². The van der Waals surface area contributed by atoms with Gasteiger partial charge in [-0.3, -0.25) is 0 Å². The lowest BCUT2D eigenvalue weighted by atomic mass is 9.96. The molecule has 0 saturated heterocycles. The summed E-state index contributed by atoms with van der Waals surface area (Å²) in [6, 6.07) is 28.6. The quantitative estimate of drug-likeness (QED) is 0.537. The smallest absolute Gasteiger partial charge is 0.0781 e. The minimum Gasteiger partial charge on any atom is -0.248 e. The topological polar surface area (TPSA) is 12.4 Å². The maximum Gasteiger partial charge on any atom is 0.0781 e. The highest BCUT2D eigenvalue weighted by atomic mass is 14.7. The van der Waals surface area contributed by atoms with Crippen LogP contribution in [0.5, 0.6) is 0 Å². The van der Waals surface area contributed by atoms with Gasteiger partial charge in [0.2, 0.25) is 0 Å². The number of aryl methyl sites for hydroxylation is 1. The van der Waals surface area contributed by atoms with E-state index < -0.39 is 0 Å². The molecule has 0 amide bonds. The summed E-state index contributed by atoms with van der Waals surface area (Å²) in [5, 5.41) is 0. The number of hydrogen-bond acceptors (Lipinski definition) is 1. The largest absolute Gasteiger partial charge is 0.248 e. The molecular weight excluding hydrogens is 278 g/mol. The Morgan fingerprint density at radius 1 is 0.696 bits per heavy atom. The maximum absolute atomic E-state index is 4.85. The molecule has 23 heavy (non-hydrogen) atoms. The van der Waals surface area contributed by atoms with Gasteiger partial charge in [-0.1, -0.05) is 84.9 Å². The van der Waals surface area contributed by atoms with E-state index in [1.807, 2.05) is 48.5 Å². The summed E-state index contributed by atoms with van der Waals surface area (Å²) in [6.07, 6.45) is 0. The second-order valence-corrected chi connectivity index (χ2v) is 5.51. The van der Waals surface area contributed by atoms with Crippen LogP contribution in [0.3, 0.4) is 0 Å². The van der Waals surface area contributed by atoms with Gasteiger partial charge in [-0.05, 0) is 24.6 Å². The minimum atomic E-state index is 0.905. The Morgan fingerprint density at radius 2 is 1.26 bits per heavy atom. The molecular formula is C22H19N. The Balaban J connectivity index is 2.08. The van der Waals surface area contributed by atoms with E-state index in [1.165, 1.54) is 5.56 Å². The van der Waals surface area contributed by atoms with Gasteiger partial charge in [-0.25, -0.2) is 4.99 Å². The van der Waals surface area contributed by atoms with Crippen molar-refractivity contribution < 1.29 is 0 Å². The zero-order valence-electron chi connectivity index (χ0n) is 13.2. The van der Waals surface area contributed by atoms with Crippen LogP contribution in [0.1, 0.15) is 16.7 Å². The van der Waals surface area contributed by atoms with E-state index in [4.69, 9.17) is 4.99 Å². The predicted molar refractivity (Wildman–Crippen MR) is 99.3 cm³/mol. The highest BCUT2D eigenvalue weighted by Gasteiger charge is 2.10. The maximum atomic E-state index is 4.85. The van der Waals surface area contributed by atoms with Crippen LogP contribution in [0.25, 0.3) is 5.57 Å². The van der Waals surface area contributed by atoms with Crippen molar-refractivity contribution in [2.24, 2.45) is 4.99 Å². The molecule has 0 unspecified atom stereocenters. The van der Waals surface area contributed by atoms with Gasteiger partial charge in [0.25, 0.3) is 0 Å². The number of aliphatic imine (C=N–C) groups is 1. The van der Waals surface area contributed by atoms with Crippen molar-refractivity contribution in [3.8, 4) is 0 Å². The number of allylic oxidation sites excluding steroid dienone is 1. The van der Waals surface area contributed by atoms with Crippen molar-refractivity contribution in [2.45, 2.75) is 6.92 Å². The molecule has 0 fully saturated rings. The summed E-state index contributed by atoms with van der Waals surface area (Å²) >= 11 is 0. The summed E-state index contributed by atoms with van der Waals surface area (Å²) in [4.78, 5) is 4.85. The van der Waals surface area contributed by atoms with Gasteiger partial charge < -0.3 is 0 Å². The summed E-state index contributed by atoms with van der Waals surface area (Å²) in [7, 11) is 0. The zero-order chi connectivity index (χ0) is 16.1. The second kappa shape index (κ2) is 6.89. The molecule has 0 N–H and O–H groups in total. The summed E-state index contributed by atoms with van der Waals surface area (Å²) in [6.45, 7) is 6.38. The van der Waals surface area contributed by atoms with Gasteiger partial charge in [0.15, 0.2) is 0 Å². The Morgan fingerprint density at radius 3 is 1.87 bits per heavy atom. The second-order valence-electron chi connectivity index (χ2n) is 5.51. The van der Waals surface area contributed by atoms with E-state index in [0.717, 1.165) is 28.1 Å². The highest BCUT2D eigenvalue weighted by Crippen LogP contribution is 2.23. The summed E-state index contributed by atoms with van der Waals surface area (Å²) < 4.78 is 0. The zero-order valence-corrected chi connectivity index (χ0v) is 13.2. The average molecular weight is 297 g/mol. The van der Waals surface area contributed by atoms with Gasteiger partial charge in [0, 0.05) is 11.1 Å². The average Bonchev–Trinajstić information content (AvgIpc) is 2.62. The normalized spacial score (nSPS) is 11.3. The molecule has 3 aromatic rings. The SMILES string of the molecule is C=C(C(=Nc1ccccc1)c1ccc(C)cc1)c1ccccc1. The van der Waals surface area contributed by atoms with E-state index in [-0.39, 0.29) is 0 Å². The Bertz CT molecular complexity index is 813. The third kappa shape index (κ3) is 3.64. The van der Waals surface area contributed by atoms with Crippen LogP contribution in [-0.4, -0.2) is 5.71 Å². The van der Waals surface area contributed by atoms with E-state index in [9.17, 15) is 0 Å². The van der Waals surface area contributed by atoms with Crippen molar-refractivity contribution in [3.63, 3.8) is 0 Å². The molecule has 0 aromatic heterocycles. The van der Waals surface area contributed by atoms with Gasteiger partial charge in [0.1, 0.15) is 0 Å². The third-order valence-corrected chi connectivity index (χ3v) is 3.73.